The maximum absolute atomic E-state index is 12.7. The van der Waals surface area contributed by atoms with Crippen LogP contribution in [-0.4, -0.2) is 41.4 Å². The summed E-state index contributed by atoms with van der Waals surface area (Å²) >= 11 is 5.91. The molecule has 0 saturated carbocycles. The summed E-state index contributed by atoms with van der Waals surface area (Å²) in [7, 11) is 3.32. The molecule has 8 nitrogen and oxygen atoms in total. The van der Waals surface area contributed by atoms with Gasteiger partial charge < -0.3 is 29.6 Å². The largest absolute Gasteiger partial charge is 0.494 e. The number of aryl methyl sites for hydroxylation is 1. The molecule has 0 aliphatic carbocycles. The van der Waals surface area contributed by atoms with Crippen LogP contribution in [0, 0.1) is 19.3 Å². The highest BCUT2D eigenvalue weighted by molar-refractivity contribution is 7.80. The van der Waals surface area contributed by atoms with Gasteiger partial charge >= 0.3 is 0 Å². The fourth-order valence-electron chi connectivity index (χ4n) is 4.85. The van der Waals surface area contributed by atoms with Gasteiger partial charge in [-0.2, -0.15) is 0 Å². The summed E-state index contributed by atoms with van der Waals surface area (Å²) in [5.74, 6) is 0.479. The number of carbonyl (C=O) groups excluding carboxylic acids is 1. The van der Waals surface area contributed by atoms with Crippen LogP contribution in [0.15, 0.2) is 48.7 Å². The Balaban J connectivity index is 1.80. The average molecular weight is 536 g/mol. The quantitative estimate of drug-likeness (QED) is 0.378. The lowest BCUT2D eigenvalue weighted by Gasteiger charge is -2.29. The molecule has 1 amide bonds. The molecule has 2 N–H and O–H groups in total. The van der Waals surface area contributed by atoms with Crippen molar-refractivity contribution in [2.45, 2.75) is 53.2 Å². The van der Waals surface area contributed by atoms with Gasteiger partial charge in [-0.1, -0.05) is 26.8 Å². The van der Waals surface area contributed by atoms with Gasteiger partial charge in [-0.3, -0.25) is 9.78 Å². The van der Waals surface area contributed by atoms with Crippen molar-refractivity contribution in [3.05, 3.63) is 71.3 Å². The van der Waals surface area contributed by atoms with Crippen LogP contribution >= 0.6 is 12.2 Å². The fraction of sp³-hybridized carbons (Fsp3) is 0.414. The van der Waals surface area contributed by atoms with E-state index in [1.54, 1.807) is 20.4 Å². The summed E-state index contributed by atoms with van der Waals surface area (Å²) in [6, 6.07) is 13.6. The van der Waals surface area contributed by atoms with Crippen molar-refractivity contribution in [2.24, 2.45) is 5.41 Å². The number of nitrogens with zero attached hydrogens (tertiary/aromatic N) is 3. The van der Waals surface area contributed by atoms with Gasteiger partial charge in [0.1, 0.15) is 5.75 Å². The highest BCUT2D eigenvalue weighted by atomic mass is 32.1. The Morgan fingerprint density at radius 1 is 1.16 bits per heavy atom. The van der Waals surface area contributed by atoms with Crippen LogP contribution in [0.2, 0.25) is 0 Å². The zero-order valence-electron chi connectivity index (χ0n) is 23.2. The zero-order chi connectivity index (χ0) is 27.6. The van der Waals surface area contributed by atoms with Gasteiger partial charge in [0.05, 0.1) is 37.2 Å². The molecule has 3 aromatic rings. The normalized spacial score (nSPS) is 17.4. The van der Waals surface area contributed by atoms with E-state index in [0.717, 1.165) is 34.9 Å². The van der Waals surface area contributed by atoms with Crippen molar-refractivity contribution in [3.8, 4) is 5.75 Å². The molecule has 4 rings (SSSR count). The van der Waals surface area contributed by atoms with E-state index in [9.17, 15) is 4.79 Å². The molecule has 1 aromatic carbocycles. The van der Waals surface area contributed by atoms with Crippen molar-refractivity contribution in [1.29, 1.82) is 0 Å². The van der Waals surface area contributed by atoms with Gasteiger partial charge in [0.25, 0.3) is 0 Å². The summed E-state index contributed by atoms with van der Waals surface area (Å²) in [5.41, 5.74) is 5.32. The van der Waals surface area contributed by atoms with Gasteiger partial charge in [0.2, 0.25) is 5.91 Å². The number of ether oxygens (including phenoxy) is 2. The number of amides is 1. The molecule has 1 aliphatic heterocycles. The second-order valence-corrected chi connectivity index (χ2v) is 10.9. The van der Waals surface area contributed by atoms with E-state index in [2.05, 4.69) is 45.0 Å². The predicted molar refractivity (Wildman–Crippen MR) is 155 cm³/mol. The van der Waals surface area contributed by atoms with Crippen molar-refractivity contribution in [2.75, 3.05) is 31.0 Å². The monoisotopic (exact) mass is 535 g/mol. The lowest BCUT2D eigenvalue weighted by molar-refractivity contribution is -0.123. The Hall–Kier alpha value is -3.43. The van der Waals surface area contributed by atoms with E-state index < -0.39 is 5.41 Å². The van der Waals surface area contributed by atoms with Crippen LogP contribution in [0.5, 0.6) is 5.75 Å². The summed E-state index contributed by atoms with van der Waals surface area (Å²) in [5, 5.41) is 7.11. The molecular weight excluding hydrogens is 498 g/mol. The highest BCUT2D eigenvalue weighted by Crippen LogP contribution is 2.44. The number of methoxy groups -OCH3 is 2. The first-order chi connectivity index (χ1) is 18.1. The average Bonchev–Trinajstić information content (AvgIpc) is 3.37. The molecule has 1 fully saturated rings. The minimum Gasteiger partial charge on any atom is -0.494 e. The number of aromatic nitrogens is 2. The molecule has 1 saturated heterocycles. The van der Waals surface area contributed by atoms with Crippen molar-refractivity contribution in [1.82, 2.24) is 14.9 Å². The Kier molecular flexibility index (Phi) is 8.08. The molecule has 38 heavy (non-hydrogen) atoms. The minimum atomic E-state index is -0.531. The molecule has 0 bridgehead atoms. The van der Waals surface area contributed by atoms with E-state index in [0.29, 0.717) is 23.2 Å². The van der Waals surface area contributed by atoms with E-state index in [4.69, 9.17) is 21.7 Å². The van der Waals surface area contributed by atoms with Crippen LogP contribution in [0.3, 0.4) is 0 Å². The molecule has 1 aliphatic rings. The molecule has 202 valence electrons. The number of nitrogens with one attached hydrogen (secondary N) is 2. The molecule has 9 heteroatoms. The molecule has 3 heterocycles. The zero-order valence-corrected chi connectivity index (χ0v) is 24.0. The van der Waals surface area contributed by atoms with Gasteiger partial charge in [-0.15, -0.1) is 0 Å². The molecule has 0 radical (unpaired) electrons. The maximum Gasteiger partial charge on any atom is 0.229 e. The second-order valence-electron chi connectivity index (χ2n) is 10.6. The minimum absolute atomic E-state index is 0.0847. The van der Waals surface area contributed by atoms with Crippen LogP contribution < -0.4 is 20.3 Å². The molecule has 0 spiro atoms. The molecule has 2 aromatic heterocycles. The summed E-state index contributed by atoms with van der Waals surface area (Å²) in [6.45, 7) is 11.3. The number of rotatable bonds is 8. The highest BCUT2D eigenvalue weighted by Gasteiger charge is 2.42. The summed E-state index contributed by atoms with van der Waals surface area (Å²) in [4.78, 5) is 19.4. The number of carbonyl (C=O) groups is 1. The van der Waals surface area contributed by atoms with Gasteiger partial charge in [0, 0.05) is 48.4 Å². The number of hydrogen-bond acceptors (Lipinski definition) is 5. The lowest BCUT2D eigenvalue weighted by atomic mass is 9.95. The standard InChI is InChI=1S/C29H37N5O3S/c1-18-16-21(19(2)33(18)14-15-36-6)26-25(23-10-8-9-13-30-23)32-28(38)34(26)20-11-12-22(24(17-20)37-7)31-27(35)29(3,4)5/h8-13,16-17,25-26H,14-15H2,1-7H3,(H,31,35)(H,32,38)/t25-,26-/m0/s1. The molecular formula is C29H37N5O3S. The molecule has 2 atom stereocenters. The SMILES string of the molecule is COCCn1c(C)cc([C@H]2[C@H](c3ccccn3)NC(=S)N2c2ccc(NC(=O)C(C)(C)C)c(OC)c2)c1C. The van der Waals surface area contributed by atoms with E-state index in [-0.39, 0.29) is 18.0 Å². The van der Waals surface area contributed by atoms with E-state index in [1.807, 2.05) is 57.2 Å². The number of pyridine rings is 1. The third-order valence-corrected chi connectivity index (χ3v) is 7.26. The predicted octanol–water partition coefficient (Wildman–Crippen LogP) is 5.32. The number of thiocarbonyl (C=S) groups is 1. The van der Waals surface area contributed by atoms with Gasteiger partial charge in [-0.25, -0.2) is 0 Å². The smallest absolute Gasteiger partial charge is 0.229 e. The summed E-state index contributed by atoms with van der Waals surface area (Å²) < 4.78 is 13.3. The topological polar surface area (TPSA) is 80.7 Å². The first-order valence-electron chi connectivity index (χ1n) is 12.7. The third kappa shape index (κ3) is 5.39. The Labute approximate surface area is 230 Å². The lowest BCUT2D eigenvalue weighted by Crippen LogP contribution is -2.30. The van der Waals surface area contributed by atoms with Crippen LogP contribution in [0.25, 0.3) is 0 Å². The third-order valence-electron chi connectivity index (χ3n) is 6.94. The molecule has 0 unspecified atom stereocenters. The van der Waals surface area contributed by atoms with Gasteiger partial charge in [-0.05, 0) is 62.0 Å². The second kappa shape index (κ2) is 11.1. The Morgan fingerprint density at radius 3 is 2.55 bits per heavy atom. The Morgan fingerprint density at radius 2 is 1.92 bits per heavy atom. The number of hydrogen-bond donors (Lipinski definition) is 2. The van der Waals surface area contributed by atoms with Crippen LogP contribution in [0.4, 0.5) is 11.4 Å². The first-order valence-corrected chi connectivity index (χ1v) is 13.1. The number of benzene rings is 1. The van der Waals surface area contributed by atoms with Gasteiger partial charge in [0.15, 0.2) is 5.11 Å². The Bertz CT molecular complexity index is 1320. The van der Waals surface area contributed by atoms with E-state index in [1.165, 1.54) is 0 Å². The van der Waals surface area contributed by atoms with Crippen molar-refractivity contribution < 1.29 is 14.3 Å². The first kappa shape index (κ1) is 27.6. The van der Waals surface area contributed by atoms with Crippen LogP contribution in [-0.2, 0) is 16.1 Å². The fourth-order valence-corrected chi connectivity index (χ4v) is 5.19. The maximum atomic E-state index is 12.7. The van der Waals surface area contributed by atoms with Crippen molar-refractivity contribution >= 4 is 34.6 Å². The van der Waals surface area contributed by atoms with Crippen LogP contribution in [0.1, 0.15) is 55.5 Å². The number of anilines is 2. The van der Waals surface area contributed by atoms with Crippen molar-refractivity contribution in [3.63, 3.8) is 0 Å². The summed E-state index contributed by atoms with van der Waals surface area (Å²) in [6.07, 6.45) is 1.80. The van der Waals surface area contributed by atoms with E-state index >= 15 is 0 Å².